The van der Waals surface area contributed by atoms with Gasteiger partial charge in [0.2, 0.25) is 5.91 Å². The molecule has 3 nitrogen and oxygen atoms in total. The van der Waals surface area contributed by atoms with Crippen LogP contribution in [-0.2, 0) is 11.2 Å². The molecule has 1 aromatic carbocycles. The fourth-order valence-electron chi connectivity index (χ4n) is 2.81. The van der Waals surface area contributed by atoms with Crippen LogP contribution in [0.15, 0.2) is 18.2 Å². The first-order valence-corrected chi connectivity index (χ1v) is 6.76. The number of piperidine rings is 1. The molecule has 0 bridgehead atoms. The lowest BCUT2D eigenvalue weighted by molar-refractivity contribution is -0.117. The molecular formula is C15H22N2O. The number of hydrogen-bond donors (Lipinski definition) is 2. The van der Waals surface area contributed by atoms with Crippen molar-refractivity contribution >= 4 is 5.91 Å². The van der Waals surface area contributed by atoms with Crippen LogP contribution in [0.25, 0.3) is 0 Å². The smallest absolute Gasteiger partial charge is 0.217 e. The summed E-state index contributed by atoms with van der Waals surface area (Å²) in [6, 6.07) is 6.46. The van der Waals surface area contributed by atoms with Gasteiger partial charge in [0.25, 0.3) is 0 Å². The predicted molar refractivity (Wildman–Crippen MR) is 73.5 cm³/mol. The van der Waals surface area contributed by atoms with E-state index in [9.17, 15) is 4.79 Å². The van der Waals surface area contributed by atoms with Gasteiger partial charge in [-0.15, -0.1) is 0 Å². The largest absolute Gasteiger partial charge is 0.370 e. The van der Waals surface area contributed by atoms with Crippen molar-refractivity contribution in [3.63, 3.8) is 0 Å². The Morgan fingerprint density at radius 1 is 1.39 bits per heavy atom. The van der Waals surface area contributed by atoms with E-state index in [1.807, 2.05) is 0 Å². The highest BCUT2D eigenvalue weighted by atomic mass is 16.1. The van der Waals surface area contributed by atoms with Gasteiger partial charge in [-0.05, 0) is 61.9 Å². The quantitative estimate of drug-likeness (QED) is 0.852. The molecule has 1 aliphatic heterocycles. The first-order chi connectivity index (χ1) is 8.68. The number of benzene rings is 1. The lowest BCUT2D eigenvalue weighted by atomic mass is 9.85. The van der Waals surface area contributed by atoms with Crippen molar-refractivity contribution in [1.29, 1.82) is 0 Å². The second-order valence-electron chi connectivity index (χ2n) is 5.12. The first kappa shape index (κ1) is 13.1. The maximum Gasteiger partial charge on any atom is 0.217 e. The summed E-state index contributed by atoms with van der Waals surface area (Å²) in [6.07, 6.45) is 3.62. The summed E-state index contributed by atoms with van der Waals surface area (Å²) >= 11 is 0. The van der Waals surface area contributed by atoms with Crippen LogP contribution in [0.3, 0.4) is 0 Å². The molecule has 1 aliphatic rings. The fraction of sp³-hybridized carbons (Fsp3) is 0.533. The Bertz CT molecular complexity index is 423. The molecule has 1 amide bonds. The highest BCUT2D eigenvalue weighted by Gasteiger charge is 2.17. The number of primary amides is 1. The third kappa shape index (κ3) is 3.10. The zero-order valence-electron chi connectivity index (χ0n) is 11.0. The number of amides is 1. The average molecular weight is 246 g/mol. The van der Waals surface area contributed by atoms with Crippen LogP contribution in [0.5, 0.6) is 0 Å². The second kappa shape index (κ2) is 6.01. The summed E-state index contributed by atoms with van der Waals surface area (Å²) in [6.45, 7) is 4.39. The van der Waals surface area contributed by atoms with Gasteiger partial charge in [-0.1, -0.05) is 18.2 Å². The van der Waals surface area contributed by atoms with E-state index in [2.05, 4.69) is 30.4 Å². The minimum Gasteiger partial charge on any atom is -0.370 e. The van der Waals surface area contributed by atoms with Crippen LogP contribution < -0.4 is 11.1 Å². The van der Waals surface area contributed by atoms with Crippen LogP contribution in [0.1, 0.15) is 41.9 Å². The zero-order chi connectivity index (χ0) is 13.0. The summed E-state index contributed by atoms with van der Waals surface area (Å²) < 4.78 is 0. The molecule has 0 aromatic heterocycles. The third-order valence-electron chi connectivity index (χ3n) is 3.91. The minimum atomic E-state index is -0.221. The topological polar surface area (TPSA) is 55.1 Å². The van der Waals surface area contributed by atoms with Gasteiger partial charge in [-0.25, -0.2) is 0 Å². The van der Waals surface area contributed by atoms with E-state index < -0.39 is 0 Å². The summed E-state index contributed by atoms with van der Waals surface area (Å²) in [5.74, 6) is 0.446. The molecule has 0 aliphatic carbocycles. The van der Waals surface area contributed by atoms with Crippen LogP contribution in [0.2, 0.25) is 0 Å². The van der Waals surface area contributed by atoms with E-state index in [1.165, 1.54) is 29.5 Å². The lowest BCUT2D eigenvalue weighted by Crippen LogP contribution is -2.27. The van der Waals surface area contributed by atoms with Gasteiger partial charge in [0.1, 0.15) is 0 Å². The van der Waals surface area contributed by atoms with Crippen molar-refractivity contribution in [3.05, 3.63) is 34.9 Å². The van der Waals surface area contributed by atoms with Crippen LogP contribution in [-0.4, -0.2) is 19.0 Å². The van der Waals surface area contributed by atoms with Crippen LogP contribution in [0, 0.1) is 6.92 Å². The number of carbonyl (C=O) groups excluding carboxylic acids is 1. The number of nitrogens with one attached hydrogen (secondary N) is 1. The number of carbonyl (C=O) groups is 1. The Labute approximate surface area is 109 Å². The van der Waals surface area contributed by atoms with Crippen LogP contribution >= 0.6 is 0 Å². The van der Waals surface area contributed by atoms with E-state index >= 15 is 0 Å². The molecule has 2 rings (SSSR count). The van der Waals surface area contributed by atoms with Crippen molar-refractivity contribution in [2.45, 2.75) is 38.5 Å². The molecule has 0 radical (unpaired) electrons. The van der Waals surface area contributed by atoms with Gasteiger partial charge in [0.15, 0.2) is 0 Å². The van der Waals surface area contributed by atoms with E-state index in [4.69, 9.17) is 5.73 Å². The van der Waals surface area contributed by atoms with Crippen molar-refractivity contribution < 1.29 is 4.79 Å². The molecule has 1 fully saturated rings. The van der Waals surface area contributed by atoms with Gasteiger partial charge in [0.05, 0.1) is 0 Å². The van der Waals surface area contributed by atoms with Crippen molar-refractivity contribution in [2.75, 3.05) is 13.1 Å². The Hall–Kier alpha value is -1.35. The van der Waals surface area contributed by atoms with Crippen LogP contribution in [0.4, 0.5) is 0 Å². The molecule has 3 N–H and O–H groups in total. The fourth-order valence-corrected chi connectivity index (χ4v) is 2.81. The molecule has 1 heterocycles. The molecule has 0 atom stereocenters. The summed E-state index contributed by atoms with van der Waals surface area (Å²) in [5.41, 5.74) is 9.30. The Balaban J connectivity index is 2.15. The van der Waals surface area contributed by atoms with E-state index in [0.29, 0.717) is 12.3 Å². The van der Waals surface area contributed by atoms with Gasteiger partial charge in [-0.3, -0.25) is 4.79 Å². The Morgan fingerprint density at radius 2 is 2.11 bits per heavy atom. The molecule has 0 unspecified atom stereocenters. The van der Waals surface area contributed by atoms with Gasteiger partial charge < -0.3 is 11.1 Å². The Morgan fingerprint density at radius 3 is 2.78 bits per heavy atom. The Kier molecular flexibility index (Phi) is 4.37. The monoisotopic (exact) mass is 246 g/mol. The predicted octanol–water partition coefficient (Wildman–Crippen LogP) is 1.88. The summed E-state index contributed by atoms with van der Waals surface area (Å²) in [7, 11) is 0. The van der Waals surface area contributed by atoms with E-state index in [1.54, 1.807) is 0 Å². The van der Waals surface area contributed by atoms with E-state index in [0.717, 1.165) is 19.5 Å². The minimum absolute atomic E-state index is 0.221. The molecule has 18 heavy (non-hydrogen) atoms. The molecule has 98 valence electrons. The average Bonchev–Trinajstić information content (AvgIpc) is 2.38. The highest BCUT2D eigenvalue weighted by Crippen LogP contribution is 2.29. The molecule has 3 heteroatoms. The van der Waals surface area contributed by atoms with Crippen molar-refractivity contribution in [1.82, 2.24) is 5.32 Å². The maximum absolute atomic E-state index is 10.9. The van der Waals surface area contributed by atoms with Crippen molar-refractivity contribution in [3.8, 4) is 0 Å². The number of nitrogens with two attached hydrogens (primary N) is 1. The number of aryl methyl sites for hydroxylation is 1. The summed E-state index contributed by atoms with van der Waals surface area (Å²) in [5, 5.41) is 3.40. The lowest BCUT2D eigenvalue weighted by Gasteiger charge is -2.25. The molecule has 1 saturated heterocycles. The van der Waals surface area contributed by atoms with Gasteiger partial charge in [-0.2, -0.15) is 0 Å². The zero-order valence-corrected chi connectivity index (χ0v) is 11.0. The van der Waals surface area contributed by atoms with Gasteiger partial charge >= 0.3 is 0 Å². The molecule has 1 aromatic rings. The molecular weight excluding hydrogens is 224 g/mol. The number of hydrogen-bond acceptors (Lipinski definition) is 2. The third-order valence-corrected chi connectivity index (χ3v) is 3.91. The maximum atomic E-state index is 10.9. The SMILES string of the molecule is Cc1c(CCC(N)=O)cccc1C1CCNCC1. The van der Waals surface area contributed by atoms with Crippen molar-refractivity contribution in [2.24, 2.45) is 5.73 Å². The normalized spacial score (nSPS) is 16.7. The summed E-state index contributed by atoms with van der Waals surface area (Å²) in [4.78, 5) is 10.9. The first-order valence-electron chi connectivity index (χ1n) is 6.76. The second-order valence-corrected chi connectivity index (χ2v) is 5.12. The van der Waals surface area contributed by atoms with Gasteiger partial charge in [0, 0.05) is 6.42 Å². The standard InChI is InChI=1S/C15H22N2O/c1-11-12(5-6-15(16)18)3-2-4-14(11)13-7-9-17-10-8-13/h2-4,13,17H,5-10H2,1H3,(H2,16,18). The highest BCUT2D eigenvalue weighted by molar-refractivity contribution is 5.74. The molecule has 0 spiro atoms. The number of rotatable bonds is 4. The molecule has 0 saturated carbocycles. The van der Waals surface area contributed by atoms with E-state index in [-0.39, 0.29) is 5.91 Å².